The number of hydrogen-bond donors (Lipinski definition) is 8. The Morgan fingerprint density at radius 2 is 1.22 bits per heavy atom. The molecule has 0 bridgehead atoms. The number of aromatic hydroxyl groups is 2. The van der Waals surface area contributed by atoms with E-state index in [1.54, 1.807) is 24.3 Å². The second-order valence-corrected chi connectivity index (χ2v) is 12.6. The average Bonchev–Trinajstić information content (AvgIpc) is 3.79. The van der Waals surface area contributed by atoms with Gasteiger partial charge in [0.15, 0.2) is 0 Å². The number of carboxylic acid groups (broad SMARTS) is 1. The predicted octanol–water partition coefficient (Wildman–Crippen LogP) is -1.26. The summed E-state index contributed by atoms with van der Waals surface area (Å²) in [7, 11) is 0. The maximum Gasteiger partial charge on any atom is 0.328 e. The van der Waals surface area contributed by atoms with E-state index in [4.69, 9.17) is 10.8 Å². The van der Waals surface area contributed by atoms with E-state index in [1.807, 2.05) is 0 Å². The average molecular weight is 697 g/mol. The zero-order chi connectivity index (χ0) is 36.5. The Balaban J connectivity index is 1.47. The number of rotatable bonds is 14. The van der Waals surface area contributed by atoms with Crippen LogP contribution >= 0.6 is 0 Å². The van der Waals surface area contributed by atoms with Crippen LogP contribution in [-0.4, -0.2) is 122 Å². The summed E-state index contributed by atoms with van der Waals surface area (Å²) in [4.78, 5) is 81.0. The summed E-state index contributed by atoms with van der Waals surface area (Å²) in [6, 6.07) is 5.63. The Morgan fingerprint density at radius 3 is 1.72 bits per heavy atom. The summed E-state index contributed by atoms with van der Waals surface area (Å²) in [5.74, 6) is -4.41. The molecule has 5 amide bonds. The number of nitrogens with two attached hydrogens (primary N) is 1. The number of amides is 5. The molecule has 2 fully saturated rings. The van der Waals surface area contributed by atoms with Gasteiger partial charge in [-0.25, -0.2) is 4.79 Å². The second-order valence-electron chi connectivity index (χ2n) is 12.6. The normalized spacial score (nSPS) is 19.6. The van der Waals surface area contributed by atoms with Crippen molar-refractivity contribution in [1.82, 2.24) is 25.8 Å². The number of aliphatic hydroxyl groups excluding tert-OH is 1. The number of aliphatic hydroxyl groups is 1. The van der Waals surface area contributed by atoms with Crippen molar-refractivity contribution in [3.63, 3.8) is 0 Å². The number of carboxylic acids is 1. The molecule has 270 valence electrons. The minimum atomic E-state index is -1.56. The highest BCUT2D eigenvalue weighted by Crippen LogP contribution is 2.23. The Kier molecular flexibility index (Phi) is 12.7. The molecule has 2 aromatic carbocycles. The molecule has 2 aliphatic heterocycles. The molecule has 0 saturated carbocycles. The molecule has 0 unspecified atom stereocenters. The zero-order valence-corrected chi connectivity index (χ0v) is 27.7. The number of carbonyl (C=O) groups excluding carboxylic acids is 5. The fraction of sp³-hybridized carbons (Fsp3) is 0.471. The number of nitrogens with one attached hydrogen (secondary N) is 3. The number of phenolic OH excluding ortho intramolecular Hbond substituents is 2. The Bertz CT molecular complexity index is 1550. The van der Waals surface area contributed by atoms with Gasteiger partial charge >= 0.3 is 5.97 Å². The number of benzene rings is 2. The van der Waals surface area contributed by atoms with Gasteiger partial charge < -0.3 is 51.9 Å². The minimum absolute atomic E-state index is 0.00696. The third-order valence-corrected chi connectivity index (χ3v) is 8.93. The SMILES string of the molecule is C[C@H](NC(=O)[C@@H]1CCCN1C(=O)[C@H](Cc1ccc(O)cc1)NC(=O)[C@@H]1CCCN1C(=O)[C@@H](N)Cc1ccc(O)cc1)C(=O)N[C@@H](CO)C(=O)O. The van der Waals surface area contributed by atoms with E-state index < -0.39 is 78.4 Å². The highest BCUT2D eigenvalue weighted by Gasteiger charge is 2.41. The van der Waals surface area contributed by atoms with E-state index >= 15 is 0 Å². The van der Waals surface area contributed by atoms with E-state index in [-0.39, 0.29) is 37.3 Å². The van der Waals surface area contributed by atoms with Crippen molar-refractivity contribution in [3.8, 4) is 11.5 Å². The van der Waals surface area contributed by atoms with Crippen LogP contribution in [0.5, 0.6) is 11.5 Å². The summed E-state index contributed by atoms with van der Waals surface area (Å²) in [6.07, 6.45) is 1.80. The summed E-state index contributed by atoms with van der Waals surface area (Å²) in [6.45, 7) is 0.970. The first-order chi connectivity index (χ1) is 23.8. The smallest absolute Gasteiger partial charge is 0.328 e. The number of phenols is 2. The summed E-state index contributed by atoms with van der Waals surface area (Å²) < 4.78 is 0. The van der Waals surface area contributed by atoms with E-state index in [1.165, 1.54) is 41.0 Å². The maximum atomic E-state index is 14.1. The lowest BCUT2D eigenvalue weighted by atomic mass is 10.0. The van der Waals surface area contributed by atoms with Crippen molar-refractivity contribution in [3.05, 3.63) is 59.7 Å². The predicted molar refractivity (Wildman–Crippen MR) is 177 cm³/mol. The zero-order valence-electron chi connectivity index (χ0n) is 27.7. The van der Waals surface area contributed by atoms with Gasteiger partial charge in [-0.2, -0.15) is 0 Å². The lowest BCUT2D eigenvalue weighted by Gasteiger charge is -2.31. The van der Waals surface area contributed by atoms with Crippen LogP contribution in [0.3, 0.4) is 0 Å². The number of hydrogen-bond acceptors (Lipinski definition) is 10. The van der Waals surface area contributed by atoms with Crippen molar-refractivity contribution in [2.45, 2.75) is 81.7 Å². The lowest BCUT2D eigenvalue weighted by molar-refractivity contribution is -0.144. The van der Waals surface area contributed by atoms with Crippen molar-refractivity contribution in [1.29, 1.82) is 0 Å². The number of likely N-dealkylation sites (tertiary alicyclic amines) is 2. The van der Waals surface area contributed by atoms with Crippen molar-refractivity contribution >= 4 is 35.5 Å². The van der Waals surface area contributed by atoms with Gasteiger partial charge in [0, 0.05) is 19.5 Å². The van der Waals surface area contributed by atoms with Crippen LogP contribution in [0.4, 0.5) is 0 Å². The largest absolute Gasteiger partial charge is 0.508 e. The molecular formula is C34H44N6O10. The summed E-state index contributed by atoms with van der Waals surface area (Å²) in [5.41, 5.74) is 7.59. The molecule has 2 aliphatic rings. The molecule has 0 aliphatic carbocycles. The Labute approximate surface area is 288 Å². The molecule has 2 saturated heterocycles. The molecule has 9 N–H and O–H groups in total. The third-order valence-electron chi connectivity index (χ3n) is 8.93. The van der Waals surface area contributed by atoms with Crippen LogP contribution in [0.25, 0.3) is 0 Å². The van der Waals surface area contributed by atoms with Crippen molar-refractivity contribution in [2.75, 3.05) is 19.7 Å². The van der Waals surface area contributed by atoms with Crippen LogP contribution in [0.2, 0.25) is 0 Å². The van der Waals surface area contributed by atoms with Crippen LogP contribution in [0.1, 0.15) is 43.7 Å². The van der Waals surface area contributed by atoms with Gasteiger partial charge in [-0.05, 0) is 74.4 Å². The van der Waals surface area contributed by atoms with Gasteiger partial charge in [0.1, 0.15) is 41.7 Å². The first-order valence-electron chi connectivity index (χ1n) is 16.5. The highest BCUT2D eigenvalue weighted by molar-refractivity contribution is 5.97. The van der Waals surface area contributed by atoms with E-state index in [2.05, 4.69) is 16.0 Å². The van der Waals surface area contributed by atoms with Gasteiger partial charge in [0.25, 0.3) is 0 Å². The van der Waals surface area contributed by atoms with Gasteiger partial charge in [0.2, 0.25) is 29.5 Å². The van der Waals surface area contributed by atoms with Gasteiger partial charge in [-0.1, -0.05) is 24.3 Å². The minimum Gasteiger partial charge on any atom is -0.508 e. The summed E-state index contributed by atoms with van der Waals surface area (Å²) in [5, 5.41) is 45.1. The molecular weight excluding hydrogens is 652 g/mol. The van der Waals surface area contributed by atoms with Crippen LogP contribution in [-0.2, 0) is 41.6 Å². The van der Waals surface area contributed by atoms with E-state index in [9.17, 15) is 44.1 Å². The van der Waals surface area contributed by atoms with Crippen LogP contribution < -0.4 is 21.7 Å². The van der Waals surface area contributed by atoms with Gasteiger partial charge in [-0.15, -0.1) is 0 Å². The van der Waals surface area contributed by atoms with Crippen molar-refractivity contribution in [2.24, 2.45) is 5.73 Å². The third kappa shape index (κ3) is 9.47. The molecule has 50 heavy (non-hydrogen) atoms. The Morgan fingerprint density at radius 1 is 0.740 bits per heavy atom. The fourth-order valence-electron chi connectivity index (χ4n) is 6.19. The standard InChI is InChI=1S/C34H44N6O10/c1-19(29(44)38-26(18-41)34(49)50)36-30(45)27-4-3-15-40(27)33(48)25(17-21-8-12-23(43)13-9-21)37-31(46)28-5-2-14-39(28)32(47)24(35)16-20-6-10-22(42)11-7-20/h6-13,19,24-28,41-43H,2-5,14-18,35H2,1H3,(H,36,45)(H,37,46)(H,38,44)(H,49,50)/t19-,24-,25-,26-,27-,28-/m0/s1. The molecule has 0 spiro atoms. The molecule has 4 rings (SSSR count). The first kappa shape index (κ1) is 37.6. The maximum absolute atomic E-state index is 14.1. The topological polar surface area (TPSA) is 252 Å². The van der Waals surface area contributed by atoms with Crippen LogP contribution in [0.15, 0.2) is 48.5 Å². The van der Waals surface area contributed by atoms with Gasteiger partial charge in [-0.3, -0.25) is 24.0 Å². The number of aliphatic carboxylic acids is 1. The Hall–Kier alpha value is -5.22. The molecule has 16 heteroatoms. The molecule has 0 radical (unpaired) electrons. The lowest BCUT2D eigenvalue weighted by Crippen LogP contribution is -2.59. The summed E-state index contributed by atoms with van der Waals surface area (Å²) >= 11 is 0. The quantitative estimate of drug-likeness (QED) is 0.116. The fourth-order valence-corrected chi connectivity index (χ4v) is 6.19. The van der Waals surface area contributed by atoms with Crippen molar-refractivity contribution < 1.29 is 49.2 Å². The molecule has 2 aromatic rings. The molecule has 2 heterocycles. The molecule has 16 nitrogen and oxygen atoms in total. The highest BCUT2D eigenvalue weighted by atomic mass is 16.4. The van der Waals surface area contributed by atoms with Crippen LogP contribution in [0, 0.1) is 0 Å². The number of carbonyl (C=O) groups is 6. The molecule has 0 aromatic heterocycles. The monoisotopic (exact) mass is 696 g/mol. The molecule has 6 atom stereocenters. The second kappa shape index (κ2) is 16.9. The number of nitrogens with zero attached hydrogens (tertiary/aromatic N) is 2. The van der Waals surface area contributed by atoms with E-state index in [0.29, 0.717) is 31.4 Å². The van der Waals surface area contributed by atoms with Gasteiger partial charge in [0.05, 0.1) is 12.6 Å². The van der Waals surface area contributed by atoms with E-state index in [0.717, 1.165) is 5.56 Å². The first-order valence-corrected chi connectivity index (χ1v) is 16.5.